The Morgan fingerprint density at radius 2 is 2.12 bits per heavy atom. The molecule has 0 heterocycles. The third-order valence-electron chi connectivity index (χ3n) is 2.42. The average Bonchev–Trinajstić information content (AvgIpc) is 2.28. The van der Waals surface area contributed by atoms with Crippen LogP contribution in [0.1, 0.15) is 24.8 Å². The van der Waals surface area contributed by atoms with Gasteiger partial charge in [0.15, 0.2) is 0 Å². The van der Waals surface area contributed by atoms with Gasteiger partial charge in [-0.15, -0.1) is 0 Å². The van der Waals surface area contributed by atoms with Crippen LogP contribution in [0, 0.1) is 0 Å². The van der Waals surface area contributed by atoms with E-state index in [-0.39, 0.29) is 0 Å². The van der Waals surface area contributed by atoms with Gasteiger partial charge in [-0.25, -0.2) is 0 Å². The van der Waals surface area contributed by atoms with Crippen LogP contribution in [0.15, 0.2) is 28.7 Å². The van der Waals surface area contributed by atoms with E-state index in [1.807, 2.05) is 11.8 Å². The highest BCUT2D eigenvalue weighted by atomic mass is 79.9. The van der Waals surface area contributed by atoms with E-state index in [1.54, 1.807) is 0 Å². The first-order valence-electron chi connectivity index (χ1n) is 5.77. The van der Waals surface area contributed by atoms with Gasteiger partial charge in [-0.3, -0.25) is 0 Å². The molecule has 0 radical (unpaired) electrons. The van der Waals surface area contributed by atoms with Crippen molar-refractivity contribution in [1.29, 1.82) is 0 Å². The van der Waals surface area contributed by atoms with Crippen LogP contribution in [-0.4, -0.2) is 18.6 Å². The second kappa shape index (κ2) is 9.08. The monoisotopic (exact) mass is 301 g/mol. The van der Waals surface area contributed by atoms with Crippen LogP contribution in [0.25, 0.3) is 0 Å². The van der Waals surface area contributed by atoms with Crippen LogP contribution in [0.4, 0.5) is 0 Å². The molecule has 0 unspecified atom stereocenters. The van der Waals surface area contributed by atoms with E-state index >= 15 is 0 Å². The van der Waals surface area contributed by atoms with Crippen molar-refractivity contribution in [2.45, 2.75) is 25.8 Å². The zero-order valence-corrected chi connectivity index (χ0v) is 12.2. The zero-order chi connectivity index (χ0) is 11.6. The molecule has 1 rings (SSSR count). The summed E-state index contributed by atoms with van der Waals surface area (Å²) in [6.45, 7) is 2.10. The van der Waals surface area contributed by atoms with E-state index in [0.29, 0.717) is 0 Å². The molecule has 0 saturated carbocycles. The number of hydrogen-bond acceptors (Lipinski definition) is 2. The first kappa shape index (κ1) is 14.1. The number of unbranched alkanes of at least 4 members (excludes halogenated alkanes) is 2. The number of nitrogens with one attached hydrogen (secondary N) is 1. The molecule has 1 aromatic rings. The molecule has 1 aromatic carbocycles. The van der Waals surface area contributed by atoms with E-state index in [1.165, 1.54) is 30.6 Å². The van der Waals surface area contributed by atoms with E-state index in [0.717, 1.165) is 17.6 Å². The van der Waals surface area contributed by atoms with Gasteiger partial charge < -0.3 is 5.32 Å². The van der Waals surface area contributed by atoms with E-state index in [4.69, 9.17) is 0 Å². The molecule has 0 aliphatic rings. The summed E-state index contributed by atoms with van der Waals surface area (Å²) in [4.78, 5) is 0. The third kappa shape index (κ3) is 6.56. The summed E-state index contributed by atoms with van der Waals surface area (Å²) in [6, 6.07) is 8.47. The first-order chi connectivity index (χ1) is 7.83. The van der Waals surface area contributed by atoms with Crippen LogP contribution < -0.4 is 5.32 Å². The van der Waals surface area contributed by atoms with Crippen molar-refractivity contribution < 1.29 is 0 Å². The molecule has 0 fully saturated rings. The predicted molar refractivity (Wildman–Crippen MR) is 78.1 cm³/mol. The lowest BCUT2D eigenvalue weighted by Crippen LogP contribution is -2.14. The molecule has 90 valence electrons. The molecule has 0 atom stereocenters. The predicted octanol–water partition coefficient (Wildman–Crippen LogP) is 4.07. The first-order valence-corrected chi connectivity index (χ1v) is 7.95. The van der Waals surface area contributed by atoms with Gasteiger partial charge in [0.2, 0.25) is 0 Å². The van der Waals surface area contributed by atoms with Crippen LogP contribution in [0.2, 0.25) is 0 Å². The molecule has 1 N–H and O–H groups in total. The molecule has 0 amide bonds. The Kier molecular flexibility index (Phi) is 7.99. The molecule has 16 heavy (non-hydrogen) atoms. The van der Waals surface area contributed by atoms with Gasteiger partial charge in [0.05, 0.1) is 0 Å². The standard InChI is InChI=1S/C13H20BrNS/c1-16-9-4-2-3-8-15-11-12-6-5-7-13(14)10-12/h5-7,10,15H,2-4,8-9,11H2,1H3. The number of benzene rings is 1. The van der Waals surface area contributed by atoms with Gasteiger partial charge in [0, 0.05) is 11.0 Å². The maximum absolute atomic E-state index is 3.48. The third-order valence-corrected chi connectivity index (χ3v) is 3.61. The highest BCUT2D eigenvalue weighted by Crippen LogP contribution is 2.11. The minimum absolute atomic E-state index is 0.974. The summed E-state index contributed by atoms with van der Waals surface area (Å²) in [5, 5.41) is 3.48. The second-order valence-corrected chi connectivity index (χ2v) is 5.76. The quantitative estimate of drug-likeness (QED) is 0.726. The maximum atomic E-state index is 3.48. The van der Waals surface area contributed by atoms with Gasteiger partial charge in [0.25, 0.3) is 0 Å². The summed E-state index contributed by atoms with van der Waals surface area (Å²) in [5.41, 5.74) is 1.35. The Labute approximate surface area is 112 Å². The summed E-state index contributed by atoms with van der Waals surface area (Å²) >= 11 is 5.42. The number of rotatable bonds is 8. The Hall–Kier alpha value is 0.01000. The van der Waals surface area contributed by atoms with E-state index in [9.17, 15) is 0 Å². The minimum Gasteiger partial charge on any atom is -0.313 e. The van der Waals surface area contributed by atoms with Crippen molar-refractivity contribution in [2.24, 2.45) is 0 Å². The normalized spacial score (nSPS) is 10.6. The number of thioether (sulfide) groups is 1. The lowest BCUT2D eigenvalue weighted by atomic mass is 10.2. The molecule has 0 spiro atoms. The van der Waals surface area contributed by atoms with Crippen LogP contribution in [-0.2, 0) is 6.54 Å². The highest BCUT2D eigenvalue weighted by Gasteiger charge is 1.93. The molecular formula is C13H20BrNS. The molecule has 0 bridgehead atoms. The van der Waals surface area contributed by atoms with Crippen LogP contribution in [0.3, 0.4) is 0 Å². The Bertz CT molecular complexity index is 291. The summed E-state index contributed by atoms with van der Waals surface area (Å²) < 4.78 is 1.16. The van der Waals surface area contributed by atoms with Crippen molar-refractivity contribution in [3.63, 3.8) is 0 Å². The molecule has 1 nitrogen and oxygen atoms in total. The summed E-state index contributed by atoms with van der Waals surface area (Å²) in [6.07, 6.45) is 6.14. The second-order valence-electron chi connectivity index (χ2n) is 3.86. The van der Waals surface area contributed by atoms with Crippen molar-refractivity contribution in [1.82, 2.24) is 5.32 Å². The van der Waals surface area contributed by atoms with Crippen LogP contribution >= 0.6 is 27.7 Å². The number of hydrogen-bond donors (Lipinski definition) is 1. The SMILES string of the molecule is CSCCCCCNCc1cccc(Br)c1. The fourth-order valence-corrected chi connectivity index (χ4v) is 2.49. The lowest BCUT2D eigenvalue weighted by molar-refractivity contribution is 0.618. The summed E-state index contributed by atoms with van der Waals surface area (Å²) in [5.74, 6) is 1.30. The average molecular weight is 302 g/mol. The van der Waals surface area contributed by atoms with Gasteiger partial charge in [0.1, 0.15) is 0 Å². The fraction of sp³-hybridized carbons (Fsp3) is 0.538. The van der Waals surface area contributed by atoms with Gasteiger partial charge >= 0.3 is 0 Å². The largest absolute Gasteiger partial charge is 0.313 e. The highest BCUT2D eigenvalue weighted by molar-refractivity contribution is 9.10. The van der Waals surface area contributed by atoms with Crippen molar-refractivity contribution in [2.75, 3.05) is 18.6 Å². The molecule has 0 saturated heterocycles. The van der Waals surface area contributed by atoms with Crippen molar-refractivity contribution >= 4 is 27.7 Å². The maximum Gasteiger partial charge on any atom is 0.0205 e. The smallest absolute Gasteiger partial charge is 0.0205 e. The zero-order valence-electron chi connectivity index (χ0n) is 9.84. The number of halogens is 1. The molecule has 0 aliphatic carbocycles. The minimum atomic E-state index is 0.974. The summed E-state index contributed by atoms with van der Waals surface area (Å²) in [7, 11) is 0. The van der Waals surface area contributed by atoms with Gasteiger partial charge in [-0.1, -0.05) is 34.5 Å². The molecule has 0 aliphatic heterocycles. The van der Waals surface area contributed by atoms with E-state index < -0.39 is 0 Å². The van der Waals surface area contributed by atoms with Crippen molar-refractivity contribution in [3.8, 4) is 0 Å². The van der Waals surface area contributed by atoms with Crippen LogP contribution in [0.5, 0.6) is 0 Å². The molecule has 3 heteroatoms. The Morgan fingerprint density at radius 1 is 1.25 bits per heavy atom. The molecule has 0 aromatic heterocycles. The van der Waals surface area contributed by atoms with Crippen molar-refractivity contribution in [3.05, 3.63) is 34.3 Å². The van der Waals surface area contributed by atoms with E-state index in [2.05, 4.69) is 51.8 Å². The topological polar surface area (TPSA) is 12.0 Å². The van der Waals surface area contributed by atoms with Gasteiger partial charge in [-0.2, -0.15) is 11.8 Å². The molecular weight excluding hydrogens is 282 g/mol. The Morgan fingerprint density at radius 3 is 2.88 bits per heavy atom. The van der Waals surface area contributed by atoms with Gasteiger partial charge in [-0.05, 0) is 49.1 Å². The lowest BCUT2D eigenvalue weighted by Gasteiger charge is -2.05. The fourth-order valence-electron chi connectivity index (χ4n) is 1.55. The Balaban J connectivity index is 2.03.